The van der Waals surface area contributed by atoms with Gasteiger partial charge in [0, 0.05) is 0 Å². The van der Waals surface area contributed by atoms with Crippen LogP contribution < -0.4 is 4.74 Å². The average molecular weight is 218 g/mol. The molecule has 0 N–H and O–H groups in total. The van der Waals surface area contributed by atoms with E-state index in [4.69, 9.17) is 4.74 Å². The molecule has 0 radical (unpaired) electrons. The number of hydrogen-bond acceptors (Lipinski definition) is 1. The van der Waals surface area contributed by atoms with E-state index in [0.29, 0.717) is 6.10 Å². The number of hydrogen-bond donors (Lipinski definition) is 0. The van der Waals surface area contributed by atoms with Gasteiger partial charge in [0.25, 0.3) is 0 Å². The van der Waals surface area contributed by atoms with Crippen LogP contribution >= 0.6 is 0 Å². The van der Waals surface area contributed by atoms with Gasteiger partial charge in [-0.25, -0.2) is 0 Å². The molecule has 1 aromatic carbocycles. The fraction of sp³-hybridized carbons (Fsp3) is 0.600. The number of aryl methyl sites for hydroxylation is 1. The smallest absolute Gasteiger partial charge is 0.122 e. The van der Waals surface area contributed by atoms with Gasteiger partial charge in [0.15, 0.2) is 0 Å². The van der Waals surface area contributed by atoms with E-state index in [-0.39, 0.29) is 5.41 Å². The summed E-state index contributed by atoms with van der Waals surface area (Å²) in [6, 6.07) is 6.68. The van der Waals surface area contributed by atoms with Gasteiger partial charge in [-0.05, 0) is 48.8 Å². The minimum Gasteiger partial charge on any atom is -0.490 e. The lowest BCUT2D eigenvalue weighted by Gasteiger charge is -2.21. The van der Waals surface area contributed by atoms with E-state index in [1.807, 2.05) is 0 Å². The van der Waals surface area contributed by atoms with Crippen molar-refractivity contribution in [3.63, 3.8) is 0 Å². The van der Waals surface area contributed by atoms with Gasteiger partial charge in [0.2, 0.25) is 0 Å². The molecule has 0 spiro atoms. The van der Waals surface area contributed by atoms with Crippen LogP contribution in [-0.4, -0.2) is 6.10 Å². The highest BCUT2D eigenvalue weighted by molar-refractivity contribution is 5.40. The lowest BCUT2D eigenvalue weighted by Crippen LogP contribution is -2.12. The maximum absolute atomic E-state index is 5.92. The van der Waals surface area contributed by atoms with Crippen molar-refractivity contribution in [2.24, 2.45) is 0 Å². The molecule has 88 valence electrons. The normalized spacial score (nSPS) is 20.9. The van der Waals surface area contributed by atoms with E-state index in [1.54, 1.807) is 0 Å². The predicted molar refractivity (Wildman–Crippen MR) is 68.2 cm³/mol. The Labute approximate surface area is 98.8 Å². The summed E-state index contributed by atoms with van der Waals surface area (Å²) in [6.45, 7) is 8.94. The third-order valence-corrected chi connectivity index (χ3v) is 3.31. The zero-order valence-corrected chi connectivity index (χ0v) is 10.8. The Morgan fingerprint density at radius 2 is 2.00 bits per heavy atom. The first kappa shape index (κ1) is 11.5. The quantitative estimate of drug-likeness (QED) is 0.637. The molecule has 1 unspecified atom stereocenters. The summed E-state index contributed by atoms with van der Waals surface area (Å²) in [5.74, 6) is 1.10. The van der Waals surface area contributed by atoms with Crippen LogP contribution in [0.25, 0.3) is 0 Å². The first-order valence-corrected chi connectivity index (χ1v) is 6.27. The highest BCUT2D eigenvalue weighted by Crippen LogP contribution is 2.31. The van der Waals surface area contributed by atoms with Crippen molar-refractivity contribution < 1.29 is 4.74 Å². The Kier molecular flexibility index (Phi) is 2.96. The number of benzene rings is 1. The van der Waals surface area contributed by atoms with E-state index in [2.05, 4.69) is 45.9 Å². The lowest BCUT2D eigenvalue weighted by molar-refractivity contribution is 0.216. The third kappa shape index (κ3) is 2.40. The highest BCUT2D eigenvalue weighted by Gasteiger charge is 2.18. The summed E-state index contributed by atoms with van der Waals surface area (Å²) in [6.07, 6.45) is 3.92. The van der Waals surface area contributed by atoms with Gasteiger partial charge in [-0.1, -0.05) is 32.9 Å². The van der Waals surface area contributed by atoms with Gasteiger partial charge < -0.3 is 4.74 Å². The van der Waals surface area contributed by atoms with Crippen LogP contribution in [0.5, 0.6) is 5.75 Å². The molecule has 16 heavy (non-hydrogen) atoms. The van der Waals surface area contributed by atoms with Gasteiger partial charge in [-0.2, -0.15) is 0 Å². The molecular weight excluding hydrogens is 196 g/mol. The molecule has 1 heterocycles. The van der Waals surface area contributed by atoms with Crippen LogP contribution in [0.15, 0.2) is 18.2 Å². The molecule has 1 atom stereocenters. The van der Waals surface area contributed by atoms with Crippen molar-refractivity contribution in [1.29, 1.82) is 0 Å². The number of ether oxygens (including phenoxy) is 1. The molecule has 0 bridgehead atoms. The van der Waals surface area contributed by atoms with E-state index in [9.17, 15) is 0 Å². The minimum absolute atomic E-state index is 0.229. The highest BCUT2D eigenvalue weighted by atomic mass is 16.5. The zero-order chi connectivity index (χ0) is 11.8. The minimum atomic E-state index is 0.229. The first-order chi connectivity index (χ1) is 7.47. The Balaban J connectivity index is 2.35. The Morgan fingerprint density at radius 1 is 1.25 bits per heavy atom. The molecule has 0 amide bonds. The first-order valence-electron chi connectivity index (χ1n) is 6.27. The molecule has 1 aliphatic heterocycles. The maximum atomic E-state index is 5.92. The Bertz CT molecular complexity index is 374. The van der Waals surface area contributed by atoms with Crippen molar-refractivity contribution >= 4 is 0 Å². The second kappa shape index (κ2) is 4.12. The fourth-order valence-electron chi connectivity index (χ4n) is 2.21. The Hall–Kier alpha value is -0.980. The number of rotatable bonds is 0. The van der Waals surface area contributed by atoms with Gasteiger partial charge in [0.1, 0.15) is 5.75 Å². The van der Waals surface area contributed by atoms with E-state index in [0.717, 1.165) is 12.2 Å². The molecule has 0 aromatic heterocycles. The molecule has 0 fully saturated rings. The van der Waals surface area contributed by atoms with Crippen LogP contribution in [0.2, 0.25) is 0 Å². The van der Waals surface area contributed by atoms with Gasteiger partial charge in [-0.3, -0.25) is 0 Å². The molecule has 1 nitrogen and oxygen atoms in total. The van der Waals surface area contributed by atoms with E-state index >= 15 is 0 Å². The lowest BCUT2D eigenvalue weighted by atomic mass is 9.85. The summed E-state index contributed by atoms with van der Waals surface area (Å²) < 4.78 is 5.92. The summed E-state index contributed by atoms with van der Waals surface area (Å²) in [5.41, 5.74) is 3.02. The van der Waals surface area contributed by atoms with Crippen molar-refractivity contribution in [3.05, 3.63) is 29.3 Å². The summed E-state index contributed by atoms with van der Waals surface area (Å²) in [7, 11) is 0. The number of fused-ring (bicyclic) bond motifs is 1. The summed E-state index contributed by atoms with van der Waals surface area (Å²) >= 11 is 0. The largest absolute Gasteiger partial charge is 0.490 e. The second-order valence-corrected chi connectivity index (χ2v) is 5.89. The summed E-state index contributed by atoms with van der Waals surface area (Å²) in [5, 5.41) is 0. The predicted octanol–water partition coefficient (Wildman–Crippen LogP) is 4.09. The van der Waals surface area contributed by atoms with Crippen molar-refractivity contribution in [2.45, 2.75) is 58.5 Å². The van der Waals surface area contributed by atoms with Crippen LogP contribution in [0, 0.1) is 0 Å². The van der Waals surface area contributed by atoms with Gasteiger partial charge in [0.05, 0.1) is 6.10 Å². The van der Waals surface area contributed by atoms with Crippen molar-refractivity contribution in [1.82, 2.24) is 0 Å². The van der Waals surface area contributed by atoms with Gasteiger partial charge >= 0.3 is 0 Å². The van der Waals surface area contributed by atoms with Crippen LogP contribution in [0.4, 0.5) is 0 Å². The zero-order valence-electron chi connectivity index (χ0n) is 10.8. The third-order valence-electron chi connectivity index (χ3n) is 3.31. The fourth-order valence-corrected chi connectivity index (χ4v) is 2.21. The van der Waals surface area contributed by atoms with Crippen LogP contribution in [0.3, 0.4) is 0 Å². The molecule has 0 aliphatic carbocycles. The molecule has 0 saturated carbocycles. The van der Waals surface area contributed by atoms with E-state index in [1.165, 1.54) is 24.0 Å². The monoisotopic (exact) mass is 218 g/mol. The Morgan fingerprint density at radius 3 is 2.69 bits per heavy atom. The topological polar surface area (TPSA) is 9.23 Å². The second-order valence-electron chi connectivity index (χ2n) is 5.89. The molecule has 2 rings (SSSR count). The molecule has 0 saturated heterocycles. The summed E-state index contributed by atoms with van der Waals surface area (Å²) in [4.78, 5) is 0. The van der Waals surface area contributed by atoms with Gasteiger partial charge in [-0.15, -0.1) is 0 Å². The average Bonchev–Trinajstić information content (AvgIpc) is 2.35. The molecular formula is C15H22O. The maximum Gasteiger partial charge on any atom is 0.122 e. The van der Waals surface area contributed by atoms with Crippen LogP contribution in [0.1, 0.15) is 51.7 Å². The molecule has 1 aliphatic rings. The van der Waals surface area contributed by atoms with Crippen molar-refractivity contribution in [3.8, 4) is 5.75 Å². The van der Waals surface area contributed by atoms with Crippen molar-refractivity contribution in [2.75, 3.05) is 0 Å². The SMILES string of the molecule is CC1CCCc2cc(C(C)(C)C)ccc2O1. The molecule has 1 aromatic rings. The standard InChI is InChI=1S/C15H22O/c1-11-6-5-7-12-10-13(15(2,3)4)8-9-14(12)16-11/h8-11H,5-7H2,1-4H3. The van der Waals surface area contributed by atoms with Crippen LogP contribution in [-0.2, 0) is 11.8 Å². The molecule has 1 heteroatoms. The van der Waals surface area contributed by atoms with E-state index < -0.39 is 0 Å².